The summed E-state index contributed by atoms with van der Waals surface area (Å²) in [5, 5.41) is 2.42. The molecular weight excluding hydrogens is 400 g/mol. The van der Waals surface area contributed by atoms with Crippen LogP contribution in [0.15, 0.2) is 82.3 Å². The minimum atomic E-state index is -3.76. The molecule has 0 amide bonds. The fraction of sp³-hybridized carbons (Fsp3) is 0. The topological polar surface area (TPSA) is 59.1 Å². The number of sulfonamides is 1. The molecule has 1 aromatic heterocycles. The third-order valence-electron chi connectivity index (χ3n) is 3.95. The molecular formula is C19H13BrN2O2S. The number of hydrogen-bond donors (Lipinski definition) is 1. The summed E-state index contributed by atoms with van der Waals surface area (Å²) in [4.78, 5) is 4.56. The molecule has 0 aliphatic carbocycles. The summed E-state index contributed by atoms with van der Waals surface area (Å²) in [5.74, 6) is 0. The lowest BCUT2D eigenvalue weighted by atomic mass is 10.1. The first kappa shape index (κ1) is 16.1. The number of nitrogens with zero attached hydrogens (tertiary/aromatic N) is 1. The fourth-order valence-corrected chi connectivity index (χ4v) is 4.63. The molecule has 0 aliphatic rings. The molecule has 124 valence electrons. The lowest BCUT2D eigenvalue weighted by Gasteiger charge is -2.12. The number of benzene rings is 3. The lowest BCUT2D eigenvalue weighted by molar-refractivity contribution is 0.602. The summed E-state index contributed by atoms with van der Waals surface area (Å²) in [6.45, 7) is 0. The highest BCUT2D eigenvalue weighted by atomic mass is 79.9. The predicted molar refractivity (Wildman–Crippen MR) is 104 cm³/mol. The van der Waals surface area contributed by atoms with Gasteiger partial charge in [-0.15, -0.1) is 0 Å². The Labute approximate surface area is 153 Å². The van der Waals surface area contributed by atoms with Crippen LogP contribution < -0.4 is 4.72 Å². The molecule has 0 bridgehead atoms. The molecule has 0 saturated carbocycles. The second-order valence-electron chi connectivity index (χ2n) is 5.61. The Morgan fingerprint density at radius 1 is 0.880 bits per heavy atom. The van der Waals surface area contributed by atoms with Crippen LogP contribution in [-0.4, -0.2) is 13.4 Å². The Hall–Kier alpha value is -2.44. The molecule has 4 nitrogen and oxygen atoms in total. The van der Waals surface area contributed by atoms with Crippen molar-refractivity contribution >= 4 is 53.3 Å². The molecule has 0 spiro atoms. The number of hydrogen-bond acceptors (Lipinski definition) is 3. The van der Waals surface area contributed by atoms with Crippen LogP contribution in [-0.2, 0) is 10.0 Å². The average Bonchev–Trinajstić information content (AvgIpc) is 2.61. The monoisotopic (exact) mass is 412 g/mol. The number of aromatic nitrogens is 1. The maximum atomic E-state index is 13.0. The van der Waals surface area contributed by atoms with Crippen LogP contribution in [0, 0.1) is 0 Å². The highest BCUT2D eigenvalue weighted by Gasteiger charge is 2.19. The molecule has 0 unspecified atom stereocenters. The molecule has 0 radical (unpaired) electrons. The van der Waals surface area contributed by atoms with E-state index in [0.717, 1.165) is 15.2 Å². The van der Waals surface area contributed by atoms with Gasteiger partial charge in [-0.2, -0.15) is 0 Å². The molecule has 4 aromatic rings. The third-order valence-corrected chi connectivity index (χ3v) is 5.83. The van der Waals surface area contributed by atoms with Crippen molar-refractivity contribution in [1.82, 2.24) is 4.98 Å². The second kappa shape index (κ2) is 6.13. The summed E-state index contributed by atoms with van der Waals surface area (Å²) in [7, 11) is -3.76. The predicted octanol–water partition coefficient (Wildman–Crippen LogP) is 4.95. The van der Waals surface area contributed by atoms with E-state index in [2.05, 4.69) is 25.6 Å². The van der Waals surface area contributed by atoms with Crippen molar-refractivity contribution in [2.24, 2.45) is 0 Å². The Morgan fingerprint density at radius 2 is 1.64 bits per heavy atom. The zero-order valence-electron chi connectivity index (χ0n) is 13.0. The van der Waals surface area contributed by atoms with Crippen LogP contribution in [0.4, 0.5) is 5.69 Å². The molecule has 6 heteroatoms. The average molecular weight is 413 g/mol. The van der Waals surface area contributed by atoms with E-state index in [-0.39, 0.29) is 4.90 Å². The van der Waals surface area contributed by atoms with Crippen molar-refractivity contribution in [2.45, 2.75) is 4.90 Å². The van der Waals surface area contributed by atoms with E-state index in [1.54, 1.807) is 30.5 Å². The van der Waals surface area contributed by atoms with Gasteiger partial charge in [0.05, 0.1) is 16.1 Å². The normalized spacial score (nSPS) is 11.7. The van der Waals surface area contributed by atoms with Gasteiger partial charge in [0.15, 0.2) is 0 Å². The summed E-state index contributed by atoms with van der Waals surface area (Å²) in [6.07, 6.45) is 1.64. The summed E-state index contributed by atoms with van der Waals surface area (Å²) < 4.78 is 29.5. The molecule has 0 fully saturated rings. The van der Waals surface area contributed by atoms with Gasteiger partial charge in [0.25, 0.3) is 10.0 Å². The number of rotatable bonds is 3. The number of fused-ring (bicyclic) bond motifs is 2. The van der Waals surface area contributed by atoms with Gasteiger partial charge < -0.3 is 0 Å². The minimum Gasteiger partial charge on any atom is -0.277 e. The molecule has 4 rings (SSSR count). The summed E-state index contributed by atoms with van der Waals surface area (Å²) in [6, 6.07) is 20.0. The van der Waals surface area contributed by atoms with Crippen molar-refractivity contribution in [3.63, 3.8) is 0 Å². The molecule has 0 atom stereocenters. The zero-order chi connectivity index (χ0) is 17.4. The second-order valence-corrected chi connectivity index (χ2v) is 8.18. The first-order valence-corrected chi connectivity index (χ1v) is 9.87. The van der Waals surface area contributed by atoms with Gasteiger partial charge in [0.2, 0.25) is 0 Å². The number of pyridine rings is 1. The minimum absolute atomic E-state index is 0.245. The van der Waals surface area contributed by atoms with Gasteiger partial charge in [-0.05, 0) is 29.7 Å². The number of nitrogens with one attached hydrogen (secondary N) is 1. The summed E-state index contributed by atoms with van der Waals surface area (Å²) >= 11 is 3.42. The first-order chi connectivity index (χ1) is 12.0. The van der Waals surface area contributed by atoms with E-state index in [0.29, 0.717) is 16.6 Å². The smallest absolute Gasteiger partial charge is 0.262 e. The lowest BCUT2D eigenvalue weighted by Crippen LogP contribution is -2.14. The fourth-order valence-electron chi connectivity index (χ4n) is 2.86. The molecule has 0 saturated heterocycles. The van der Waals surface area contributed by atoms with Gasteiger partial charge in [0, 0.05) is 21.4 Å². The third kappa shape index (κ3) is 2.99. The van der Waals surface area contributed by atoms with Gasteiger partial charge in [-0.25, -0.2) is 8.42 Å². The highest BCUT2D eigenvalue weighted by Crippen LogP contribution is 2.30. The number of halogens is 1. The van der Waals surface area contributed by atoms with Crippen LogP contribution in [0.25, 0.3) is 21.7 Å². The van der Waals surface area contributed by atoms with Gasteiger partial charge in [-0.1, -0.05) is 58.4 Å². The SMILES string of the molecule is O=S(=O)(Nc1cc(Br)cc2cccnc12)c1cccc2ccccc12. The maximum absolute atomic E-state index is 13.0. The van der Waals surface area contributed by atoms with Crippen molar-refractivity contribution in [1.29, 1.82) is 0 Å². The van der Waals surface area contributed by atoms with E-state index in [1.165, 1.54) is 0 Å². The quantitative estimate of drug-likeness (QED) is 0.517. The summed E-state index contributed by atoms with van der Waals surface area (Å²) in [5.41, 5.74) is 1.05. The molecule has 25 heavy (non-hydrogen) atoms. The molecule has 1 N–H and O–H groups in total. The molecule has 3 aromatic carbocycles. The van der Waals surface area contributed by atoms with Gasteiger partial charge >= 0.3 is 0 Å². The van der Waals surface area contributed by atoms with Gasteiger partial charge in [0.1, 0.15) is 0 Å². The van der Waals surface area contributed by atoms with Crippen LogP contribution in [0.1, 0.15) is 0 Å². The van der Waals surface area contributed by atoms with Crippen LogP contribution in [0.2, 0.25) is 0 Å². The number of anilines is 1. The Balaban J connectivity index is 1.88. The van der Waals surface area contributed by atoms with Gasteiger partial charge in [-0.3, -0.25) is 9.71 Å². The standard InChI is InChI=1S/C19H13BrN2O2S/c20-15-11-14-7-4-10-21-19(14)17(12-15)22-25(23,24)18-9-3-6-13-5-1-2-8-16(13)18/h1-12,22H. The van der Waals surface area contributed by atoms with Crippen LogP contribution >= 0.6 is 15.9 Å². The van der Waals surface area contributed by atoms with Crippen molar-refractivity contribution < 1.29 is 8.42 Å². The Bertz CT molecular complexity index is 1200. The Morgan fingerprint density at radius 3 is 2.52 bits per heavy atom. The van der Waals surface area contributed by atoms with E-state index in [9.17, 15) is 8.42 Å². The maximum Gasteiger partial charge on any atom is 0.262 e. The van der Waals surface area contributed by atoms with Crippen LogP contribution in [0.3, 0.4) is 0 Å². The van der Waals surface area contributed by atoms with Crippen molar-refractivity contribution in [2.75, 3.05) is 4.72 Å². The van der Waals surface area contributed by atoms with E-state index >= 15 is 0 Å². The molecule has 1 heterocycles. The zero-order valence-corrected chi connectivity index (χ0v) is 15.4. The van der Waals surface area contributed by atoms with E-state index in [1.807, 2.05) is 42.5 Å². The van der Waals surface area contributed by atoms with Crippen LogP contribution in [0.5, 0.6) is 0 Å². The largest absolute Gasteiger partial charge is 0.277 e. The molecule has 0 aliphatic heterocycles. The highest BCUT2D eigenvalue weighted by molar-refractivity contribution is 9.10. The van der Waals surface area contributed by atoms with Crippen molar-refractivity contribution in [3.05, 3.63) is 77.4 Å². The Kier molecular flexibility index (Phi) is 3.94. The van der Waals surface area contributed by atoms with E-state index < -0.39 is 10.0 Å². The first-order valence-electron chi connectivity index (χ1n) is 7.59. The van der Waals surface area contributed by atoms with Crippen molar-refractivity contribution in [3.8, 4) is 0 Å². The van der Waals surface area contributed by atoms with E-state index in [4.69, 9.17) is 0 Å².